The van der Waals surface area contributed by atoms with Gasteiger partial charge >= 0.3 is 0 Å². The zero-order valence-electron chi connectivity index (χ0n) is 34.5. The number of benzene rings is 9. The Bertz CT molecular complexity index is 3100. The predicted molar refractivity (Wildman–Crippen MR) is 254 cm³/mol. The van der Waals surface area contributed by atoms with Crippen LogP contribution in [-0.2, 0) is 10.8 Å². The van der Waals surface area contributed by atoms with Gasteiger partial charge in [-0.15, -0.1) is 0 Å². The molecule has 0 amide bonds. The number of hydrogen-bond donors (Lipinski definition) is 0. The van der Waals surface area contributed by atoms with Crippen molar-refractivity contribution < 1.29 is 0 Å². The van der Waals surface area contributed by atoms with Gasteiger partial charge in [0.1, 0.15) is 0 Å². The second-order valence-corrected chi connectivity index (χ2v) is 17.3. The van der Waals surface area contributed by atoms with E-state index in [1.165, 1.54) is 77.8 Å². The van der Waals surface area contributed by atoms with Gasteiger partial charge in [-0.3, -0.25) is 0 Å². The van der Waals surface area contributed by atoms with Crippen LogP contribution in [0.4, 0.5) is 34.1 Å². The first-order chi connectivity index (χ1) is 29.3. The summed E-state index contributed by atoms with van der Waals surface area (Å²) >= 11 is 0. The van der Waals surface area contributed by atoms with E-state index >= 15 is 0 Å². The highest BCUT2D eigenvalue weighted by Crippen LogP contribution is 2.59. The summed E-state index contributed by atoms with van der Waals surface area (Å²) in [7, 11) is 0. The molecule has 60 heavy (non-hydrogen) atoms. The third-order valence-electron chi connectivity index (χ3n) is 13.2. The normalized spacial score (nSPS) is 14.2. The number of fused-ring (bicyclic) bond motifs is 6. The molecule has 0 N–H and O–H groups in total. The smallest absolute Gasteiger partial charge is 0.0781 e. The minimum atomic E-state index is -0.278. The summed E-state index contributed by atoms with van der Waals surface area (Å²) < 4.78 is 0. The summed E-state index contributed by atoms with van der Waals surface area (Å²) in [6, 6.07) is 76.2. The van der Waals surface area contributed by atoms with Crippen molar-refractivity contribution in [3.8, 4) is 33.4 Å². The Hall–Kier alpha value is -7.16. The van der Waals surface area contributed by atoms with Gasteiger partial charge in [-0.2, -0.15) is 0 Å². The number of rotatable bonds is 6. The highest BCUT2D eigenvalue weighted by Gasteiger charge is 2.41. The molecule has 2 nitrogen and oxygen atoms in total. The minimum Gasteiger partial charge on any atom is -0.308 e. The van der Waals surface area contributed by atoms with E-state index < -0.39 is 0 Å². The lowest BCUT2D eigenvalue weighted by molar-refractivity contribution is 0.634. The van der Waals surface area contributed by atoms with E-state index in [9.17, 15) is 0 Å². The molecule has 2 heteroatoms. The lowest BCUT2D eigenvalue weighted by Gasteiger charge is -2.44. The van der Waals surface area contributed by atoms with Gasteiger partial charge in [0.25, 0.3) is 0 Å². The minimum absolute atomic E-state index is 0.164. The third kappa shape index (κ3) is 5.41. The molecule has 9 aromatic rings. The van der Waals surface area contributed by atoms with Crippen molar-refractivity contribution >= 4 is 44.9 Å². The van der Waals surface area contributed by atoms with Crippen LogP contribution in [0.2, 0.25) is 0 Å². The van der Waals surface area contributed by atoms with Crippen molar-refractivity contribution in [3.63, 3.8) is 0 Å². The maximum absolute atomic E-state index is 2.57. The summed E-state index contributed by atoms with van der Waals surface area (Å²) in [6.07, 6.45) is 0. The zero-order chi connectivity index (χ0) is 40.6. The molecule has 1 heterocycles. The van der Waals surface area contributed by atoms with Crippen LogP contribution in [0.1, 0.15) is 49.9 Å². The number of nitrogens with zero attached hydrogens (tertiary/aromatic N) is 2. The topological polar surface area (TPSA) is 6.48 Å². The summed E-state index contributed by atoms with van der Waals surface area (Å²) in [5, 5.41) is 2.39. The summed E-state index contributed by atoms with van der Waals surface area (Å²) in [4.78, 5) is 5.11. The van der Waals surface area contributed by atoms with E-state index in [0.717, 1.165) is 22.7 Å². The first-order valence-corrected chi connectivity index (χ1v) is 21.1. The van der Waals surface area contributed by atoms with Crippen LogP contribution in [0.25, 0.3) is 44.2 Å². The quantitative estimate of drug-likeness (QED) is 0.166. The largest absolute Gasteiger partial charge is 0.308 e. The summed E-state index contributed by atoms with van der Waals surface area (Å²) in [5.41, 5.74) is 19.2. The molecule has 0 unspecified atom stereocenters. The maximum atomic E-state index is 2.57. The molecule has 0 saturated carbocycles. The van der Waals surface area contributed by atoms with Crippen LogP contribution in [0.5, 0.6) is 0 Å². The van der Waals surface area contributed by atoms with Gasteiger partial charge in [-0.25, -0.2) is 0 Å². The maximum Gasteiger partial charge on any atom is 0.0781 e. The van der Waals surface area contributed by atoms with Gasteiger partial charge < -0.3 is 9.80 Å². The van der Waals surface area contributed by atoms with Crippen molar-refractivity contribution in [1.82, 2.24) is 0 Å². The van der Waals surface area contributed by atoms with Gasteiger partial charge in [0.15, 0.2) is 0 Å². The Balaban J connectivity index is 1.25. The molecule has 2 aliphatic rings. The molecule has 0 radical (unpaired) electrons. The van der Waals surface area contributed by atoms with Gasteiger partial charge in [-0.1, -0.05) is 198 Å². The Morgan fingerprint density at radius 2 is 0.967 bits per heavy atom. The van der Waals surface area contributed by atoms with E-state index in [1.54, 1.807) is 0 Å². The van der Waals surface area contributed by atoms with E-state index in [1.807, 2.05) is 0 Å². The molecule has 9 aromatic carbocycles. The molecule has 0 saturated heterocycles. The van der Waals surface area contributed by atoms with E-state index in [-0.39, 0.29) is 10.8 Å². The molecular formula is C58H46N2. The molecular weight excluding hydrogens is 725 g/mol. The Labute approximate surface area is 353 Å². The summed E-state index contributed by atoms with van der Waals surface area (Å²) in [5.74, 6) is 0. The highest BCUT2D eigenvalue weighted by molar-refractivity contribution is 6.10. The second kappa shape index (κ2) is 13.7. The molecule has 288 valence electrons. The van der Waals surface area contributed by atoms with Gasteiger partial charge in [0.05, 0.1) is 28.4 Å². The second-order valence-electron chi connectivity index (χ2n) is 17.3. The lowest BCUT2D eigenvalue weighted by atomic mass is 9.70. The Kier molecular flexibility index (Phi) is 8.22. The van der Waals surface area contributed by atoms with E-state index in [4.69, 9.17) is 0 Å². The van der Waals surface area contributed by atoms with Gasteiger partial charge in [0.2, 0.25) is 0 Å². The van der Waals surface area contributed by atoms with Crippen LogP contribution < -0.4 is 9.80 Å². The lowest BCUT2D eigenvalue weighted by Crippen LogP contribution is -2.32. The van der Waals surface area contributed by atoms with Crippen LogP contribution in [0.15, 0.2) is 206 Å². The van der Waals surface area contributed by atoms with Crippen molar-refractivity contribution in [2.75, 3.05) is 9.80 Å². The van der Waals surface area contributed by atoms with Crippen LogP contribution >= 0.6 is 0 Å². The molecule has 11 rings (SSSR count). The predicted octanol–water partition coefficient (Wildman–Crippen LogP) is 16.1. The van der Waals surface area contributed by atoms with Gasteiger partial charge in [0, 0.05) is 27.5 Å². The number of hydrogen-bond acceptors (Lipinski definition) is 2. The molecule has 0 bridgehead atoms. The molecule has 1 aliphatic carbocycles. The molecule has 0 atom stereocenters. The Morgan fingerprint density at radius 3 is 1.75 bits per heavy atom. The average molecular weight is 771 g/mol. The van der Waals surface area contributed by atoms with E-state index in [0.29, 0.717) is 0 Å². The van der Waals surface area contributed by atoms with Crippen LogP contribution in [-0.4, -0.2) is 0 Å². The van der Waals surface area contributed by atoms with Crippen molar-refractivity contribution in [3.05, 3.63) is 229 Å². The SMILES string of the molecule is CC1(C)c2ccccc2-c2ccc(N(c3ccccc3-c3ccccc3)c3ccc4ccccc4c3N3c4ccccc4C(C)(C)c4c(-c5ccccc5)cccc43)cc21. The molecule has 0 fully saturated rings. The summed E-state index contributed by atoms with van der Waals surface area (Å²) in [6.45, 7) is 9.54. The highest BCUT2D eigenvalue weighted by atomic mass is 15.2. The first kappa shape index (κ1) is 36.0. The van der Waals surface area contributed by atoms with E-state index in [2.05, 4.69) is 244 Å². The third-order valence-corrected chi connectivity index (χ3v) is 13.2. The van der Waals surface area contributed by atoms with Crippen LogP contribution in [0.3, 0.4) is 0 Å². The van der Waals surface area contributed by atoms with Crippen molar-refractivity contribution in [2.24, 2.45) is 0 Å². The molecule has 1 aliphatic heterocycles. The zero-order valence-corrected chi connectivity index (χ0v) is 34.5. The van der Waals surface area contributed by atoms with Crippen molar-refractivity contribution in [1.29, 1.82) is 0 Å². The monoisotopic (exact) mass is 770 g/mol. The molecule has 0 spiro atoms. The average Bonchev–Trinajstić information content (AvgIpc) is 3.52. The molecule has 0 aromatic heterocycles. The fraction of sp³-hybridized carbons (Fsp3) is 0.103. The van der Waals surface area contributed by atoms with Crippen molar-refractivity contribution in [2.45, 2.75) is 38.5 Å². The number of para-hydroxylation sites is 2. The standard InChI is InChI=1S/C58H46N2/c1-57(2)48-29-15-13-27-46(48)47-36-35-42(38-50(47)57)59(51-31-17-14-25-43(51)39-20-7-5-8-21-39)54-37-34-41-24-11-12-26-45(41)56(54)60-52-32-18-16-30-49(52)58(3,4)55-44(28-19-33-53(55)60)40-22-9-6-10-23-40/h5-38H,1-4H3. The van der Waals surface area contributed by atoms with Gasteiger partial charge in [-0.05, 0) is 91.9 Å². The fourth-order valence-corrected chi connectivity index (χ4v) is 10.4. The van der Waals surface area contributed by atoms with Crippen LogP contribution in [0, 0.1) is 0 Å². The first-order valence-electron chi connectivity index (χ1n) is 21.1. The fourth-order valence-electron chi connectivity index (χ4n) is 10.4. The number of anilines is 6. The Morgan fingerprint density at radius 1 is 0.383 bits per heavy atom.